The van der Waals surface area contributed by atoms with Gasteiger partial charge in [0.25, 0.3) is 11.8 Å². The summed E-state index contributed by atoms with van der Waals surface area (Å²) in [6, 6.07) is 10.2. The number of benzene rings is 1. The first-order chi connectivity index (χ1) is 17.4. The maximum absolute atomic E-state index is 13.2. The van der Waals surface area contributed by atoms with E-state index in [9.17, 15) is 18.4 Å². The minimum atomic E-state index is -2.49. The SMILES string of the molecule is O=C(Nc1cccnc1C(=O)Nc1ccc(Cl)cn1)c1ccc(S(=O)[O-])cc1OCC1CCNCC1. The summed E-state index contributed by atoms with van der Waals surface area (Å²) in [5, 5.41) is 8.98. The number of carbonyl (C=O) groups excluding carboxylic acids is 2. The highest BCUT2D eigenvalue weighted by Gasteiger charge is 2.20. The molecule has 1 atom stereocenters. The van der Waals surface area contributed by atoms with Gasteiger partial charge in [0, 0.05) is 17.3 Å². The zero-order valence-electron chi connectivity index (χ0n) is 19.0. The van der Waals surface area contributed by atoms with E-state index >= 15 is 0 Å². The van der Waals surface area contributed by atoms with E-state index in [2.05, 4.69) is 25.9 Å². The molecular weight excluding hydrogens is 506 g/mol. The third-order valence-electron chi connectivity index (χ3n) is 5.56. The zero-order chi connectivity index (χ0) is 25.5. The normalized spacial score (nSPS) is 14.6. The molecule has 1 unspecified atom stereocenters. The molecule has 2 amide bonds. The second-order valence-electron chi connectivity index (χ2n) is 8.07. The van der Waals surface area contributed by atoms with Crippen LogP contribution in [0.25, 0.3) is 0 Å². The average Bonchev–Trinajstić information content (AvgIpc) is 2.89. The van der Waals surface area contributed by atoms with E-state index in [1.54, 1.807) is 12.1 Å². The average molecular weight is 529 g/mol. The predicted molar refractivity (Wildman–Crippen MR) is 134 cm³/mol. The fourth-order valence-corrected chi connectivity index (χ4v) is 4.17. The molecule has 0 aliphatic carbocycles. The maximum atomic E-state index is 13.2. The van der Waals surface area contributed by atoms with Gasteiger partial charge >= 0.3 is 0 Å². The summed E-state index contributed by atoms with van der Waals surface area (Å²) >= 11 is 3.34. The van der Waals surface area contributed by atoms with Crippen LogP contribution in [0.15, 0.2) is 59.8 Å². The molecule has 36 heavy (non-hydrogen) atoms. The third-order valence-corrected chi connectivity index (χ3v) is 6.43. The van der Waals surface area contributed by atoms with Crippen molar-refractivity contribution < 1.29 is 23.1 Å². The monoisotopic (exact) mass is 528 g/mol. The fourth-order valence-electron chi connectivity index (χ4n) is 3.67. The Morgan fingerprint density at radius 1 is 1.11 bits per heavy atom. The first-order valence-electron chi connectivity index (χ1n) is 11.2. The van der Waals surface area contributed by atoms with Gasteiger partial charge in [-0.25, -0.2) is 9.97 Å². The first-order valence-corrected chi connectivity index (χ1v) is 12.6. The van der Waals surface area contributed by atoms with Gasteiger partial charge in [-0.05, 0) is 85.4 Å². The third kappa shape index (κ3) is 6.64. The van der Waals surface area contributed by atoms with Crippen molar-refractivity contribution in [2.24, 2.45) is 5.92 Å². The van der Waals surface area contributed by atoms with Gasteiger partial charge in [0.1, 0.15) is 11.6 Å². The fraction of sp³-hybridized carbons (Fsp3) is 0.250. The number of amides is 2. The minimum absolute atomic E-state index is 0.00349. The molecule has 0 saturated carbocycles. The van der Waals surface area contributed by atoms with Gasteiger partial charge in [-0.1, -0.05) is 11.6 Å². The number of carbonyl (C=O) groups is 2. The summed E-state index contributed by atoms with van der Waals surface area (Å²) in [6.45, 7) is 2.11. The van der Waals surface area contributed by atoms with Gasteiger partial charge in [-0.15, -0.1) is 0 Å². The number of rotatable bonds is 8. The summed E-state index contributed by atoms with van der Waals surface area (Å²) in [5.74, 6) is -0.459. The van der Waals surface area contributed by atoms with Crippen molar-refractivity contribution in [3.05, 3.63) is 71.1 Å². The largest absolute Gasteiger partial charge is 0.768 e. The Balaban J connectivity index is 1.53. The zero-order valence-corrected chi connectivity index (χ0v) is 20.6. The second kappa shape index (κ2) is 12.0. The molecule has 12 heteroatoms. The standard InChI is InChI=1S/C24H24ClN5O5S/c25-16-3-6-21(28-13-16)30-24(32)22-19(2-1-9-27-22)29-23(31)18-5-4-17(36(33)34)12-20(18)35-14-15-7-10-26-11-8-15/h1-6,9,12-13,15,26H,7-8,10-11,14H2,(H,29,31)(H,33,34)(H,28,30,32)/p-1. The Kier molecular flexibility index (Phi) is 8.60. The summed E-state index contributed by atoms with van der Waals surface area (Å²) in [7, 11) is 0. The van der Waals surface area contributed by atoms with E-state index in [4.69, 9.17) is 16.3 Å². The number of hydrogen-bond donors (Lipinski definition) is 3. The summed E-state index contributed by atoms with van der Waals surface area (Å²) in [6.07, 6.45) is 4.66. The van der Waals surface area contributed by atoms with Crippen LogP contribution in [0.3, 0.4) is 0 Å². The molecule has 3 aromatic rings. The van der Waals surface area contributed by atoms with Crippen molar-refractivity contribution in [2.75, 3.05) is 30.3 Å². The van der Waals surface area contributed by atoms with Crippen LogP contribution in [-0.4, -0.2) is 50.2 Å². The summed E-state index contributed by atoms with van der Waals surface area (Å²) in [4.78, 5) is 34.1. The molecule has 1 aliphatic heterocycles. The van der Waals surface area contributed by atoms with Crippen molar-refractivity contribution in [1.82, 2.24) is 15.3 Å². The molecule has 0 radical (unpaired) electrons. The number of nitrogens with zero attached hydrogens (tertiary/aromatic N) is 2. The molecule has 1 fully saturated rings. The van der Waals surface area contributed by atoms with Gasteiger partial charge in [0.2, 0.25) is 0 Å². The Morgan fingerprint density at radius 3 is 2.64 bits per heavy atom. The quantitative estimate of drug-likeness (QED) is 0.378. The van der Waals surface area contributed by atoms with Crippen molar-refractivity contribution in [2.45, 2.75) is 17.7 Å². The van der Waals surface area contributed by atoms with Crippen LogP contribution in [0, 0.1) is 5.92 Å². The lowest BCUT2D eigenvalue weighted by Crippen LogP contribution is -2.30. The minimum Gasteiger partial charge on any atom is -0.768 e. The number of aromatic nitrogens is 2. The van der Waals surface area contributed by atoms with Gasteiger partial charge < -0.3 is 25.2 Å². The molecule has 1 saturated heterocycles. The van der Waals surface area contributed by atoms with Crippen LogP contribution >= 0.6 is 11.6 Å². The molecule has 1 aromatic carbocycles. The summed E-state index contributed by atoms with van der Waals surface area (Å²) in [5.41, 5.74) is 0.263. The van der Waals surface area contributed by atoms with E-state index in [0.717, 1.165) is 25.9 Å². The molecule has 3 N–H and O–H groups in total. The number of anilines is 2. The molecule has 4 rings (SSSR count). The Bertz CT molecular complexity index is 1270. The van der Waals surface area contributed by atoms with E-state index in [0.29, 0.717) is 17.5 Å². The van der Waals surface area contributed by atoms with E-state index < -0.39 is 22.9 Å². The number of nitrogens with one attached hydrogen (secondary N) is 3. The second-order valence-corrected chi connectivity index (χ2v) is 9.44. The lowest BCUT2D eigenvalue weighted by Gasteiger charge is -2.23. The van der Waals surface area contributed by atoms with Crippen molar-refractivity contribution in [3.63, 3.8) is 0 Å². The maximum Gasteiger partial charge on any atom is 0.277 e. The van der Waals surface area contributed by atoms with Crippen molar-refractivity contribution in [1.29, 1.82) is 0 Å². The van der Waals surface area contributed by atoms with Crippen molar-refractivity contribution >= 4 is 46.0 Å². The van der Waals surface area contributed by atoms with Crippen LogP contribution in [0.1, 0.15) is 33.7 Å². The van der Waals surface area contributed by atoms with Crippen LogP contribution in [0.5, 0.6) is 5.75 Å². The lowest BCUT2D eigenvalue weighted by atomic mass is 9.99. The first kappa shape index (κ1) is 25.7. The van der Waals surface area contributed by atoms with Gasteiger partial charge in [-0.2, -0.15) is 0 Å². The van der Waals surface area contributed by atoms with Gasteiger partial charge in [0.05, 0.1) is 22.9 Å². The molecule has 3 heterocycles. The highest BCUT2D eigenvalue weighted by molar-refractivity contribution is 7.79. The summed E-state index contributed by atoms with van der Waals surface area (Å²) < 4.78 is 28.9. The smallest absolute Gasteiger partial charge is 0.277 e. The molecule has 1 aliphatic rings. The molecule has 0 bridgehead atoms. The predicted octanol–water partition coefficient (Wildman–Crippen LogP) is 3.25. The van der Waals surface area contributed by atoms with Crippen molar-refractivity contribution in [3.8, 4) is 5.75 Å². The molecule has 10 nitrogen and oxygen atoms in total. The number of halogens is 1. The van der Waals surface area contributed by atoms with E-state index in [-0.39, 0.29) is 33.4 Å². The number of pyridine rings is 2. The topological polar surface area (TPSA) is 145 Å². The van der Waals surface area contributed by atoms with E-state index in [1.807, 2.05) is 0 Å². The highest BCUT2D eigenvalue weighted by Crippen LogP contribution is 2.26. The number of hydrogen-bond acceptors (Lipinski definition) is 8. The molecule has 188 valence electrons. The number of ether oxygens (including phenoxy) is 1. The molecule has 0 spiro atoms. The van der Waals surface area contributed by atoms with Gasteiger partial charge in [-0.3, -0.25) is 13.8 Å². The van der Waals surface area contributed by atoms with Gasteiger partial charge in [0.15, 0.2) is 5.69 Å². The van der Waals surface area contributed by atoms with Crippen LogP contribution < -0.4 is 20.7 Å². The highest BCUT2D eigenvalue weighted by atomic mass is 35.5. The molecule has 2 aromatic heterocycles. The Labute approximate surface area is 215 Å². The Hall–Kier alpha value is -3.38. The molecular formula is C24H23ClN5O5S-. The van der Waals surface area contributed by atoms with Crippen LogP contribution in [0.4, 0.5) is 11.5 Å². The lowest BCUT2D eigenvalue weighted by molar-refractivity contribution is 0.102. The van der Waals surface area contributed by atoms with Crippen LogP contribution in [-0.2, 0) is 11.1 Å². The van der Waals surface area contributed by atoms with Crippen LogP contribution in [0.2, 0.25) is 5.02 Å². The number of piperidine rings is 1. The Morgan fingerprint density at radius 2 is 1.92 bits per heavy atom. The van der Waals surface area contributed by atoms with E-state index in [1.165, 1.54) is 42.7 Å².